The van der Waals surface area contributed by atoms with E-state index in [0.717, 1.165) is 74.2 Å². The van der Waals surface area contributed by atoms with Crippen LogP contribution in [-0.2, 0) is 28.4 Å². The molecule has 8 aromatic rings. The highest BCUT2D eigenvalue weighted by molar-refractivity contribution is 5.93. The number of hydrogen-bond donors (Lipinski definition) is 0. The van der Waals surface area contributed by atoms with Crippen LogP contribution in [0.25, 0.3) is 0 Å². The van der Waals surface area contributed by atoms with Crippen molar-refractivity contribution < 1.29 is 166 Å². The topological polar surface area (TPSA) is 234 Å². The molecule has 4 heterocycles. The number of ether oxygens (including phenoxy) is 18. The molecule has 4 saturated heterocycles. The molecule has 4 aliphatic rings. The molecule has 4 fully saturated rings. The molecule has 118 heavy (non-hydrogen) atoms. The van der Waals surface area contributed by atoms with Gasteiger partial charge in [0.15, 0.2) is 36.7 Å². The summed E-state index contributed by atoms with van der Waals surface area (Å²) in [4.78, 5) is 48.7. The van der Waals surface area contributed by atoms with Gasteiger partial charge in [0.1, 0.15) is 57.5 Å². The lowest BCUT2D eigenvalue weighted by Gasteiger charge is -2.40. The maximum Gasteiger partial charge on any atom is 0.573 e. The van der Waals surface area contributed by atoms with Crippen molar-refractivity contribution in [3.8, 4) is 69.0 Å². The van der Waals surface area contributed by atoms with Gasteiger partial charge >= 0.3 is 49.3 Å². The van der Waals surface area contributed by atoms with Crippen molar-refractivity contribution in [2.24, 2.45) is 21.7 Å². The van der Waals surface area contributed by atoms with Crippen LogP contribution in [-0.4, -0.2) is 142 Å². The lowest BCUT2D eigenvalue weighted by molar-refractivity contribution is -0.276. The largest absolute Gasteiger partial charge is 0.573 e. The van der Waals surface area contributed by atoms with Gasteiger partial charge in [-0.05, 0) is 196 Å². The van der Waals surface area contributed by atoms with Crippen LogP contribution in [0.2, 0.25) is 0 Å². The van der Waals surface area contributed by atoms with Crippen LogP contribution in [0, 0.1) is 33.3 Å². The molecule has 22 nitrogen and oxygen atoms in total. The van der Waals surface area contributed by atoms with Gasteiger partial charge in [-0.2, -0.15) is 0 Å². The van der Waals surface area contributed by atoms with E-state index in [4.69, 9.17) is 66.3 Å². The van der Waals surface area contributed by atoms with Crippen molar-refractivity contribution in [1.82, 2.24) is 0 Å². The molecule has 36 heteroatoms. The number of rotatable bonds is 32. The van der Waals surface area contributed by atoms with E-state index in [-0.39, 0.29) is 74.9 Å². The monoisotopic (exact) mass is 1680 g/mol. The van der Waals surface area contributed by atoms with Crippen molar-refractivity contribution >= 4 is 23.9 Å². The third-order valence-corrected chi connectivity index (χ3v) is 18.4. The van der Waals surface area contributed by atoms with E-state index in [0.29, 0.717) is 120 Å². The molecule has 0 unspecified atom stereocenters. The van der Waals surface area contributed by atoms with Gasteiger partial charge in [0.05, 0.1) is 112 Å². The first-order valence-corrected chi connectivity index (χ1v) is 36.1. The minimum absolute atomic E-state index is 0.0175. The van der Waals surface area contributed by atoms with Crippen LogP contribution >= 0.6 is 0 Å². The first-order chi connectivity index (χ1) is 56.0. The molecule has 0 bridgehead atoms. The van der Waals surface area contributed by atoms with Crippen LogP contribution < -0.4 is 56.8 Å². The number of halogens is 14. The molecule has 0 aliphatic carbocycles. The number of benzene rings is 8. The van der Waals surface area contributed by atoms with Gasteiger partial charge in [0, 0.05) is 23.0 Å². The van der Waals surface area contributed by atoms with E-state index in [1.54, 1.807) is 48.5 Å². The second-order valence-corrected chi connectivity index (χ2v) is 27.2. The van der Waals surface area contributed by atoms with E-state index in [1.807, 2.05) is 0 Å². The molecule has 0 N–H and O–H groups in total. The minimum Gasteiger partial charge on any atom is -0.493 e. The Kier molecular flexibility index (Phi) is 31.4. The van der Waals surface area contributed by atoms with Crippen LogP contribution in [0.3, 0.4) is 0 Å². The fourth-order valence-corrected chi connectivity index (χ4v) is 10.7. The molecule has 0 radical (unpaired) electrons. The van der Waals surface area contributed by atoms with Crippen molar-refractivity contribution in [2.75, 3.05) is 92.9 Å². The molecule has 0 saturated carbocycles. The van der Waals surface area contributed by atoms with Gasteiger partial charge in [-0.15, -0.1) is 52.7 Å². The molecule has 0 aromatic heterocycles. The molecule has 636 valence electrons. The van der Waals surface area contributed by atoms with E-state index < -0.39 is 84.0 Å². The molecule has 4 aliphatic heterocycles. The molecular formula is C82H78F14O22. The highest BCUT2D eigenvalue weighted by Crippen LogP contribution is 2.38. The number of alkyl halides is 12. The van der Waals surface area contributed by atoms with Gasteiger partial charge < -0.3 is 85.3 Å². The summed E-state index contributed by atoms with van der Waals surface area (Å²) in [7, 11) is 0. The fourth-order valence-electron chi connectivity index (χ4n) is 10.7. The zero-order valence-electron chi connectivity index (χ0n) is 63.3. The summed E-state index contributed by atoms with van der Waals surface area (Å²) >= 11 is 0. The summed E-state index contributed by atoms with van der Waals surface area (Å²) in [6.45, 7) is 15.9. The summed E-state index contributed by atoms with van der Waals surface area (Å²) in [5.41, 5.74) is 1.06. The molecule has 0 atom stereocenters. The van der Waals surface area contributed by atoms with Gasteiger partial charge in [0.2, 0.25) is 0 Å². The second kappa shape index (κ2) is 40.8. The summed E-state index contributed by atoms with van der Waals surface area (Å²) in [6, 6.07) is 38.6. The Hall–Kier alpha value is -11.2. The van der Waals surface area contributed by atoms with E-state index in [1.165, 1.54) is 72.8 Å². The first-order valence-electron chi connectivity index (χ1n) is 36.1. The minimum atomic E-state index is -5.03. The van der Waals surface area contributed by atoms with E-state index in [2.05, 4.69) is 46.6 Å². The zero-order valence-corrected chi connectivity index (χ0v) is 63.3. The van der Waals surface area contributed by atoms with Gasteiger partial charge in [-0.25, -0.2) is 28.0 Å². The number of carbonyl (C=O) groups excluding carboxylic acids is 4. The highest BCUT2D eigenvalue weighted by Gasteiger charge is 2.41. The van der Waals surface area contributed by atoms with Crippen molar-refractivity contribution in [3.05, 3.63) is 216 Å². The fraction of sp³-hybridized carbons (Fsp3) is 0.366. The van der Waals surface area contributed by atoms with Crippen LogP contribution in [0.4, 0.5) is 61.5 Å². The van der Waals surface area contributed by atoms with Crippen molar-refractivity contribution in [2.45, 2.75) is 78.8 Å². The Morgan fingerprint density at radius 1 is 0.288 bits per heavy atom. The first kappa shape index (κ1) is 90.7. The summed E-state index contributed by atoms with van der Waals surface area (Å²) in [6.07, 6.45) is -15.8. The molecule has 12 rings (SSSR count). The average molecular weight is 1680 g/mol. The standard InChI is InChI=1S/C21H20F4O6.C21H21F3O6.C20H18F4O5.C20H19F3O5/c1-2-20(10-27-11-20)12-28-13-29-15-5-3-14(4-6-15)19(26)30-16-7-8-18(17(22)9-16)31-21(23,24)25;1-2-20(11-26-12-20)13-27-14-28-16-5-3-15(4-6-16)19(25)29-17-7-9-18(10-8-17)30-21(22,23)24;1-2-19(10-26-11-19)12-27-14-5-3-13(4-6-14)18(25)28-15-7-8-17(16(21)9-15)29-20(22,23)24;1-2-19(11-25-12-19)13-26-15-5-3-14(4-6-15)18(24)27-16-7-9-17(10-8-16)28-20(21,22)23/h3-9H,2,10-13H2,1H3;3-10H,2,11-14H2,1H3;3-9H,2,10-12H2,1H3;3-10H,2,11-13H2,1H3. The molecular weight excluding hydrogens is 1600 g/mol. The smallest absolute Gasteiger partial charge is 0.493 e. The Morgan fingerprint density at radius 2 is 0.508 bits per heavy atom. The Balaban J connectivity index is 0.000000179. The Bertz CT molecular complexity index is 4510. The van der Waals surface area contributed by atoms with Crippen LogP contribution in [0.5, 0.6) is 69.0 Å². The molecule has 0 spiro atoms. The predicted molar refractivity (Wildman–Crippen MR) is 386 cm³/mol. The Labute approximate surface area is 665 Å². The van der Waals surface area contributed by atoms with E-state index in [9.17, 15) is 80.6 Å². The number of carbonyl (C=O) groups is 4. The lowest BCUT2D eigenvalue weighted by Crippen LogP contribution is -2.46. The number of esters is 4. The normalized spacial score (nSPS) is 15.3. The SMILES string of the molecule is CCC1(COCOc2ccc(C(=O)Oc3ccc(OC(F)(F)F)c(F)c3)cc2)COC1.CCC1(COCOc2ccc(C(=O)Oc3ccc(OC(F)(F)F)cc3)cc2)COC1.CCC1(COc2ccc(C(=O)Oc3ccc(OC(F)(F)F)c(F)c3)cc2)COC1.CCC1(COc2ccc(C(=O)Oc3ccc(OC(F)(F)F)cc3)cc2)COC1. The van der Waals surface area contributed by atoms with Crippen LogP contribution in [0.15, 0.2) is 182 Å². The summed E-state index contributed by atoms with van der Waals surface area (Å²) in [5, 5.41) is 0. The quantitative estimate of drug-likeness (QED) is 0.0125. The van der Waals surface area contributed by atoms with Gasteiger partial charge in [0.25, 0.3) is 0 Å². The van der Waals surface area contributed by atoms with Gasteiger partial charge in [-0.3, -0.25) is 0 Å². The molecule has 0 amide bonds. The van der Waals surface area contributed by atoms with E-state index >= 15 is 0 Å². The summed E-state index contributed by atoms with van der Waals surface area (Å²) in [5.74, 6) is -6.48. The third-order valence-electron chi connectivity index (χ3n) is 18.4. The lowest BCUT2D eigenvalue weighted by atomic mass is 9.84. The third kappa shape index (κ3) is 28.6. The van der Waals surface area contributed by atoms with Crippen molar-refractivity contribution in [3.63, 3.8) is 0 Å². The zero-order chi connectivity index (χ0) is 85.4. The second-order valence-electron chi connectivity index (χ2n) is 27.2. The maximum absolute atomic E-state index is 13.7. The van der Waals surface area contributed by atoms with Crippen molar-refractivity contribution in [1.29, 1.82) is 0 Å². The summed E-state index contributed by atoms with van der Waals surface area (Å²) < 4.78 is 263. The average Bonchev–Trinajstić information content (AvgIpc) is 0.837. The Morgan fingerprint density at radius 3 is 0.737 bits per heavy atom. The van der Waals surface area contributed by atoms with Gasteiger partial charge in [-0.1, -0.05) is 27.7 Å². The molecule has 8 aromatic carbocycles. The predicted octanol–water partition coefficient (Wildman–Crippen LogP) is 18.7. The van der Waals surface area contributed by atoms with Crippen LogP contribution in [0.1, 0.15) is 94.8 Å². The highest BCUT2D eigenvalue weighted by atomic mass is 19.4. The maximum atomic E-state index is 13.7. The number of hydrogen-bond acceptors (Lipinski definition) is 22.